The zero-order valence-electron chi connectivity index (χ0n) is 18.8. The van der Waals surface area contributed by atoms with E-state index in [0.29, 0.717) is 22.7 Å². The second kappa shape index (κ2) is 10.4. The van der Waals surface area contributed by atoms with Crippen molar-refractivity contribution in [2.45, 2.75) is 6.92 Å². The van der Waals surface area contributed by atoms with Gasteiger partial charge in [-0.15, -0.1) is 0 Å². The molecule has 0 fully saturated rings. The van der Waals surface area contributed by atoms with Gasteiger partial charge in [-0.3, -0.25) is 9.59 Å². The van der Waals surface area contributed by atoms with Gasteiger partial charge in [-0.05, 0) is 53.2 Å². The Bertz CT molecular complexity index is 1440. The van der Waals surface area contributed by atoms with Crippen molar-refractivity contribution in [2.75, 3.05) is 17.7 Å². The van der Waals surface area contributed by atoms with Crippen LogP contribution in [0.3, 0.4) is 0 Å². The van der Waals surface area contributed by atoms with Crippen LogP contribution in [0.2, 0.25) is 0 Å². The van der Waals surface area contributed by atoms with Crippen LogP contribution in [0.1, 0.15) is 6.92 Å². The molecule has 2 aromatic heterocycles. The largest absolute Gasteiger partial charge is 0.452 e. The molecule has 0 aliphatic carbocycles. The fourth-order valence-corrected chi connectivity index (χ4v) is 3.81. The van der Waals surface area contributed by atoms with E-state index in [4.69, 9.17) is 4.74 Å². The number of carbonyl (C=O) groups is 2. The zero-order valence-corrected chi connectivity index (χ0v) is 20.4. The second-order valence-corrected chi connectivity index (χ2v) is 8.28. The molecule has 8 nitrogen and oxygen atoms in total. The lowest BCUT2D eigenvalue weighted by Gasteiger charge is -2.14. The van der Waals surface area contributed by atoms with E-state index in [9.17, 15) is 14.0 Å². The predicted molar refractivity (Wildman–Crippen MR) is 135 cm³/mol. The number of benzene rings is 2. The van der Waals surface area contributed by atoms with Crippen molar-refractivity contribution in [3.8, 4) is 11.5 Å². The third-order valence-electron chi connectivity index (χ3n) is 5.11. The van der Waals surface area contributed by atoms with E-state index < -0.39 is 17.6 Å². The summed E-state index contributed by atoms with van der Waals surface area (Å²) in [5.74, 6) is -1.61. The number of para-hydroxylation sites is 1. The summed E-state index contributed by atoms with van der Waals surface area (Å²) >= 11 is 3.43. The molecule has 0 spiro atoms. The summed E-state index contributed by atoms with van der Waals surface area (Å²) in [6.07, 6.45) is 3.28. The van der Waals surface area contributed by atoms with Crippen LogP contribution in [0, 0.1) is 5.82 Å². The van der Waals surface area contributed by atoms with E-state index in [-0.39, 0.29) is 17.0 Å². The Morgan fingerprint density at radius 2 is 1.69 bits per heavy atom. The van der Waals surface area contributed by atoms with Gasteiger partial charge in [0.25, 0.3) is 11.8 Å². The fourth-order valence-electron chi connectivity index (χ4n) is 3.32. The number of fused-ring (bicyclic) bond motifs is 1. The Balaban J connectivity index is 1.53. The molecule has 3 N–H and O–H groups in total. The lowest BCUT2D eigenvalue weighted by atomic mass is 10.1. The van der Waals surface area contributed by atoms with Gasteiger partial charge in [-0.25, -0.2) is 8.91 Å². The highest BCUT2D eigenvalue weighted by atomic mass is 79.9. The highest BCUT2D eigenvalue weighted by molar-refractivity contribution is 9.10. The molecule has 0 bridgehead atoms. The van der Waals surface area contributed by atoms with Crippen molar-refractivity contribution in [3.05, 3.63) is 94.6 Å². The molecule has 0 aliphatic heterocycles. The minimum Gasteiger partial charge on any atom is -0.452 e. The van der Waals surface area contributed by atoms with Gasteiger partial charge in [0.1, 0.15) is 11.1 Å². The molecule has 2 aromatic carbocycles. The highest BCUT2D eigenvalue weighted by Gasteiger charge is 2.22. The summed E-state index contributed by atoms with van der Waals surface area (Å²) in [5, 5.41) is 12.3. The van der Waals surface area contributed by atoms with Crippen molar-refractivity contribution >= 4 is 44.6 Å². The average Bonchev–Trinajstić information content (AvgIpc) is 3.23. The van der Waals surface area contributed by atoms with E-state index in [1.165, 1.54) is 12.1 Å². The molecule has 4 aromatic rings. The van der Waals surface area contributed by atoms with Crippen LogP contribution in [-0.4, -0.2) is 28.5 Å². The fraction of sp³-hybridized carbons (Fsp3) is 0.0800. The molecule has 0 atom stereocenters. The maximum absolute atomic E-state index is 14.9. The van der Waals surface area contributed by atoms with Gasteiger partial charge in [-0.2, -0.15) is 5.10 Å². The van der Waals surface area contributed by atoms with Crippen molar-refractivity contribution in [1.82, 2.24) is 14.9 Å². The molecule has 178 valence electrons. The maximum atomic E-state index is 14.9. The van der Waals surface area contributed by atoms with Gasteiger partial charge in [0, 0.05) is 46.9 Å². The smallest absolute Gasteiger partial charge is 0.263 e. The number of aromatic nitrogens is 2. The Morgan fingerprint density at radius 1 is 0.971 bits per heavy atom. The first-order chi connectivity index (χ1) is 16.9. The van der Waals surface area contributed by atoms with Gasteiger partial charge in [-0.1, -0.05) is 18.2 Å². The van der Waals surface area contributed by atoms with Crippen molar-refractivity contribution in [2.24, 2.45) is 0 Å². The van der Waals surface area contributed by atoms with E-state index >= 15 is 0 Å². The summed E-state index contributed by atoms with van der Waals surface area (Å²) in [6.45, 7) is 1.60. The van der Waals surface area contributed by atoms with Crippen molar-refractivity contribution in [1.29, 1.82) is 0 Å². The first-order valence-electron chi connectivity index (χ1n) is 10.5. The second-order valence-electron chi connectivity index (χ2n) is 7.42. The molecular weight excluding hydrogens is 517 g/mol. The number of carbonyl (C=O) groups excluding carboxylic acids is 2. The number of rotatable bonds is 7. The summed E-state index contributed by atoms with van der Waals surface area (Å²) in [6, 6.07) is 16.2. The summed E-state index contributed by atoms with van der Waals surface area (Å²) in [5.41, 5.74) is 1.58. The first kappa shape index (κ1) is 24.0. The van der Waals surface area contributed by atoms with E-state index in [1.807, 2.05) is 6.07 Å². The van der Waals surface area contributed by atoms with Gasteiger partial charge < -0.3 is 20.7 Å². The molecule has 0 saturated carbocycles. The molecule has 2 amide bonds. The number of hydrogen-bond donors (Lipinski definition) is 3. The SMILES string of the molecule is CN/C(C)=C(\C(=O)Nc1ccccc1)C(=O)Nc1ccc(Oc2ccnn3ccc(Br)c23)c(F)c1. The molecule has 2 heterocycles. The maximum Gasteiger partial charge on any atom is 0.263 e. The van der Waals surface area contributed by atoms with E-state index in [0.717, 1.165) is 10.5 Å². The topological polar surface area (TPSA) is 96.8 Å². The molecular formula is C25H21BrFN5O3. The summed E-state index contributed by atoms with van der Waals surface area (Å²) < 4.78 is 23.0. The molecule has 0 saturated heterocycles. The number of halogens is 2. The number of hydrogen-bond acceptors (Lipinski definition) is 5. The Morgan fingerprint density at radius 3 is 2.37 bits per heavy atom. The van der Waals surface area contributed by atoms with E-state index in [2.05, 4.69) is 37.0 Å². The van der Waals surface area contributed by atoms with Crippen LogP contribution < -0.4 is 20.7 Å². The minimum absolute atomic E-state index is 0.0341. The number of amides is 2. The number of ether oxygens (including phenoxy) is 1. The molecule has 10 heteroatoms. The third kappa shape index (κ3) is 5.33. The molecule has 35 heavy (non-hydrogen) atoms. The zero-order chi connectivity index (χ0) is 24.9. The Hall–Kier alpha value is -4.18. The third-order valence-corrected chi connectivity index (χ3v) is 5.75. The average molecular weight is 538 g/mol. The number of nitrogens with zero attached hydrogens (tertiary/aromatic N) is 2. The quantitative estimate of drug-likeness (QED) is 0.173. The van der Waals surface area contributed by atoms with Gasteiger partial charge in [0.05, 0.1) is 6.20 Å². The van der Waals surface area contributed by atoms with Crippen molar-refractivity contribution < 1.29 is 18.7 Å². The predicted octanol–water partition coefficient (Wildman–Crippen LogP) is 5.10. The lowest BCUT2D eigenvalue weighted by molar-refractivity contribution is -0.118. The first-order valence-corrected chi connectivity index (χ1v) is 11.3. The number of allylic oxidation sites excluding steroid dienone is 1. The molecule has 0 aliphatic rings. The Kier molecular flexibility index (Phi) is 7.11. The summed E-state index contributed by atoms with van der Waals surface area (Å²) in [7, 11) is 1.60. The van der Waals surface area contributed by atoms with Crippen LogP contribution in [0.4, 0.5) is 15.8 Å². The number of nitrogens with one attached hydrogen (secondary N) is 3. The van der Waals surface area contributed by atoms with Crippen LogP contribution in [-0.2, 0) is 9.59 Å². The van der Waals surface area contributed by atoms with Crippen molar-refractivity contribution in [3.63, 3.8) is 0 Å². The van der Waals surface area contributed by atoms with Gasteiger partial charge >= 0.3 is 0 Å². The Labute approximate surface area is 208 Å². The number of anilines is 2. The molecule has 0 radical (unpaired) electrons. The van der Waals surface area contributed by atoms with E-state index in [1.54, 1.807) is 67.3 Å². The minimum atomic E-state index is -0.690. The standard InChI is InChI=1S/C25H21BrFN5O3/c1-15(28-2)22(24(33)30-16-6-4-3-5-7-16)25(34)31-17-8-9-20(19(27)14-17)35-21-10-12-29-32-13-11-18(26)23(21)32/h3-14,28H,1-2H3,(H,30,33)(H,31,34)/b22-15+. The van der Waals surface area contributed by atoms with Crippen LogP contribution in [0.15, 0.2) is 88.8 Å². The highest BCUT2D eigenvalue weighted by Crippen LogP contribution is 2.33. The lowest BCUT2D eigenvalue weighted by Crippen LogP contribution is -2.29. The monoisotopic (exact) mass is 537 g/mol. The van der Waals surface area contributed by atoms with Gasteiger partial charge in [0.2, 0.25) is 0 Å². The summed E-state index contributed by atoms with van der Waals surface area (Å²) in [4.78, 5) is 25.8. The van der Waals surface area contributed by atoms with Gasteiger partial charge in [0.15, 0.2) is 17.3 Å². The van der Waals surface area contributed by atoms with Crippen LogP contribution >= 0.6 is 15.9 Å². The molecule has 0 unspecified atom stereocenters. The molecule has 4 rings (SSSR count). The normalized spacial score (nSPS) is 11.5. The van der Waals surface area contributed by atoms with Crippen LogP contribution in [0.25, 0.3) is 5.52 Å². The van der Waals surface area contributed by atoms with Crippen LogP contribution in [0.5, 0.6) is 11.5 Å².